The van der Waals surface area contributed by atoms with Crippen molar-refractivity contribution in [1.29, 1.82) is 0 Å². The number of rotatable bonds is 4. The molecule has 0 atom stereocenters. The molecule has 0 fully saturated rings. The van der Waals surface area contributed by atoms with Crippen LogP contribution < -0.4 is 4.72 Å². The zero-order valence-electron chi connectivity index (χ0n) is 15.8. The average molecular weight is 428 g/mol. The second-order valence-corrected chi connectivity index (χ2v) is 8.60. The molecule has 3 aromatic rings. The summed E-state index contributed by atoms with van der Waals surface area (Å²) in [5, 5.41) is 0. The standard InChI is InChI=1S/C22H18F2N2O3S/c23-19-7-4-8-20(24)21(19)30(28,29)25-18-10-9-15-11-12-26(14-17(15)13-18)22(27)16-5-2-1-3-6-16/h1-10,13,25H,11-12,14H2. The Morgan fingerprint density at radius 2 is 1.60 bits per heavy atom. The molecule has 3 aromatic carbocycles. The molecule has 0 aromatic heterocycles. The molecule has 5 nitrogen and oxygen atoms in total. The van der Waals surface area contributed by atoms with Gasteiger partial charge in [-0.25, -0.2) is 17.2 Å². The Hall–Kier alpha value is -3.26. The van der Waals surface area contributed by atoms with Crippen molar-refractivity contribution in [3.63, 3.8) is 0 Å². The lowest BCUT2D eigenvalue weighted by Crippen LogP contribution is -2.36. The van der Waals surface area contributed by atoms with Crippen LogP contribution in [0.1, 0.15) is 21.5 Å². The summed E-state index contributed by atoms with van der Waals surface area (Å²) in [6, 6.07) is 16.7. The molecule has 0 spiro atoms. The second-order valence-electron chi connectivity index (χ2n) is 6.98. The quantitative estimate of drug-likeness (QED) is 0.684. The average Bonchev–Trinajstić information content (AvgIpc) is 2.72. The molecule has 1 N–H and O–H groups in total. The summed E-state index contributed by atoms with van der Waals surface area (Å²) < 4.78 is 55.1. The summed E-state index contributed by atoms with van der Waals surface area (Å²) in [7, 11) is -4.45. The smallest absolute Gasteiger partial charge is 0.267 e. The highest BCUT2D eigenvalue weighted by Crippen LogP contribution is 2.26. The summed E-state index contributed by atoms with van der Waals surface area (Å²) in [5.41, 5.74) is 2.52. The summed E-state index contributed by atoms with van der Waals surface area (Å²) in [4.78, 5) is 13.4. The van der Waals surface area contributed by atoms with Gasteiger partial charge in [-0.15, -0.1) is 0 Å². The Labute approximate surface area is 173 Å². The first-order valence-electron chi connectivity index (χ1n) is 9.28. The van der Waals surface area contributed by atoms with Crippen molar-refractivity contribution < 1.29 is 22.0 Å². The van der Waals surface area contributed by atoms with E-state index in [1.165, 1.54) is 0 Å². The molecule has 0 saturated carbocycles. The van der Waals surface area contributed by atoms with Crippen LogP contribution in [-0.4, -0.2) is 25.8 Å². The van der Waals surface area contributed by atoms with Crippen molar-refractivity contribution in [3.05, 3.63) is 95.1 Å². The molecule has 8 heteroatoms. The van der Waals surface area contributed by atoms with Gasteiger partial charge in [0, 0.05) is 24.3 Å². The summed E-state index contributed by atoms with van der Waals surface area (Å²) in [6.45, 7) is 0.860. The molecule has 0 aliphatic carbocycles. The predicted molar refractivity (Wildman–Crippen MR) is 108 cm³/mol. The third-order valence-corrected chi connectivity index (χ3v) is 6.40. The minimum absolute atomic E-state index is 0.110. The van der Waals surface area contributed by atoms with Crippen molar-refractivity contribution in [2.24, 2.45) is 0 Å². The number of carbonyl (C=O) groups is 1. The Balaban J connectivity index is 1.58. The van der Waals surface area contributed by atoms with E-state index >= 15 is 0 Å². The van der Waals surface area contributed by atoms with Crippen LogP contribution >= 0.6 is 0 Å². The van der Waals surface area contributed by atoms with Gasteiger partial charge < -0.3 is 4.90 Å². The fourth-order valence-corrected chi connectivity index (χ4v) is 4.69. The molecule has 154 valence electrons. The van der Waals surface area contributed by atoms with E-state index < -0.39 is 26.6 Å². The number of hydrogen-bond acceptors (Lipinski definition) is 3. The Morgan fingerprint density at radius 3 is 2.30 bits per heavy atom. The highest BCUT2D eigenvalue weighted by atomic mass is 32.2. The number of amides is 1. The van der Waals surface area contributed by atoms with Gasteiger partial charge in [0.2, 0.25) is 0 Å². The molecule has 0 saturated heterocycles. The minimum atomic E-state index is -4.45. The maximum absolute atomic E-state index is 13.9. The molecule has 4 rings (SSSR count). The normalized spacial score (nSPS) is 13.6. The first-order valence-corrected chi connectivity index (χ1v) is 10.8. The number of sulfonamides is 1. The van der Waals surface area contributed by atoms with Crippen LogP contribution in [0.15, 0.2) is 71.6 Å². The first-order chi connectivity index (χ1) is 14.3. The fourth-order valence-electron chi connectivity index (χ4n) is 3.50. The van der Waals surface area contributed by atoms with E-state index in [9.17, 15) is 22.0 Å². The number of benzene rings is 3. The topological polar surface area (TPSA) is 66.5 Å². The summed E-state index contributed by atoms with van der Waals surface area (Å²) in [5.74, 6) is -2.44. The van der Waals surface area contributed by atoms with E-state index in [0.717, 1.165) is 29.3 Å². The maximum Gasteiger partial charge on any atom is 0.267 e. The number of fused-ring (bicyclic) bond motifs is 1. The van der Waals surface area contributed by atoms with E-state index in [2.05, 4.69) is 4.72 Å². The van der Waals surface area contributed by atoms with Gasteiger partial charge in [0.1, 0.15) is 11.6 Å². The van der Waals surface area contributed by atoms with Crippen LogP contribution in [0.25, 0.3) is 0 Å². The third kappa shape index (κ3) is 3.91. The Bertz CT molecular complexity index is 1190. The van der Waals surface area contributed by atoms with Gasteiger partial charge in [0.15, 0.2) is 4.90 Å². The van der Waals surface area contributed by atoms with E-state index in [0.29, 0.717) is 25.1 Å². The molecule has 1 aliphatic rings. The van der Waals surface area contributed by atoms with Gasteiger partial charge in [0.25, 0.3) is 15.9 Å². The highest BCUT2D eigenvalue weighted by molar-refractivity contribution is 7.92. The van der Waals surface area contributed by atoms with Gasteiger partial charge in [-0.05, 0) is 53.9 Å². The van der Waals surface area contributed by atoms with E-state index in [4.69, 9.17) is 0 Å². The summed E-state index contributed by atoms with van der Waals surface area (Å²) >= 11 is 0. The molecule has 1 heterocycles. The minimum Gasteiger partial charge on any atom is -0.334 e. The van der Waals surface area contributed by atoms with Crippen molar-refractivity contribution in [3.8, 4) is 0 Å². The number of carbonyl (C=O) groups excluding carboxylic acids is 1. The molecular weight excluding hydrogens is 410 g/mol. The van der Waals surface area contributed by atoms with Crippen LogP contribution in [0, 0.1) is 11.6 Å². The van der Waals surface area contributed by atoms with Crippen LogP contribution in [-0.2, 0) is 23.0 Å². The first kappa shape index (κ1) is 20.0. The van der Waals surface area contributed by atoms with Crippen LogP contribution in [0.4, 0.5) is 14.5 Å². The van der Waals surface area contributed by atoms with Crippen LogP contribution in [0.3, 0.4) is 0 Å². The molecule has 0 unspecified atom stereocenters. The maximum atomic E-state index is 13.9. The van der Waals surface area contributed by atoms with Crippen molar-refractivity contribution in [2.45, 2.75) is 17.9 Å². The predicted octanol–water partition coefficient (Wildman–Crippen LogP) is 3.96. The van der Waals surface area contributed by atoms with E-state index in [-0.39, 0.29) is 11.6 Å². The van der Waals surface area contributed by atoms with Crippen molar-refractivity contribution in [2.75, 3.05) is 11.3 Å². The number of halogens is 2. The lowest BCUT2D eigenvalue weighted by Gasteiger charge is -2.29. The van der Waals surface area contributed by atoms with Crippen molar-refractivity contribution >= 4 is 21.6 Å². The molecule has 1 aliphatic heterocycles. The van der Waals surface area contributed by atoms with Crippen LogP contribution in [0.5, 0.6) is 0 Å². The Morgan fingerprint density at radius 1 is 0.900 bits per heavy atom. The lowest BCUT2D eigenvalue weighted by atomic mass is 9.98. The number of nitrogens with one attached hydrogen (secondary N) is 1. The second kappa shape index (κ2) is 7.87. The van der Waals surface area contributed by atoms with Gasteiger partial charge in [0.05, 0.1) is 0 Å². The number of nitrogens with zero attached hydrogens (tertiary/aromatic N) is 1. The summed E-state index contributed by atoms with van der Waals surface area (Å²) in [6.07, 6.45) is 0.628. The molecule has 30 heavy (non-hydrogen) atoms. The lowest BCUT2D eigenvalue weighted by molar-refractivity contribution is 0.0734. The van der Waals surface area contributed by atoms with E-state index in [1.807, 2.05) is 6.07 Å². The largest absolute Gasteiger partial charge is 0.334 e. The molecule has 0 radical (unpaired) electrons. The van der Waals surface area contributed by atoms with Gasteiger partial charge in [-0.3, -0.25) is 9.52 Å². The van der Waals surface area contributed by atoms with Crippen LogP contribution in [0.2, 0.25) is 0 Å². The van der Waals surface area contributed by atoms with Gasteiger partial charge >= 0.3 is 0 Å². The van der Waals surface area contributed by atoms with Crippen molar-refractivity contribution in [1.82, 2.24) is 4.90 Å². The SMILES string of the molecule is O=C(c1ccccc1)N1CCc2ccc(NS(=O)(=O)c3c(F)cccc3F)cc2C1. The zero-order valence-corrected chi connectivity index (χ0v) is 16.6. The third-order valence-electron chi connectivity index (χ3n) is 4.97. The monoisotopic (exact) mass is 428 g/mol. The molecule has 0 bridgehead atoms. The van der Waals surface area contributed by atoms with Gasteiger partial charge in [-0.1, -0.05) is 30.3 Å². The molecule has 1 amide bonds. The Kier molecular flexibility index (Phi) is 5.26. The highest BCUT2D eigenvalue weighted by Gasteiger charge is 2.25. The zero-order chi connectivity index (χ0) is 21.3. The van der Waals surface area contributed by atoms with E-state index in [1.54, 1.807) is 47.4 Å². The number of hydrogen-bond donors (Lipinski definition) is 1. The molecular formula is C22H18F2N2O3S. The fraction of sp³-hybridized carbons (Fsp3) is 0.136. The number of anilines is 1. The van der Waals surface area contributed by atoms with Gasteiger partial charge in [-0.2, -0.15) is 0 Å².